The van der Waals surface area contributed by atoms with Crippen LogP contribution >= 0.6 is 15.9 Å². The summed E-state index contributed by atoms with van der Waals surface area (Å²) >= 11 is 3.33. The molecule has 2 aromatic rings. The molecule has 0 atom stereocenters. The minimum atomic E-state index is 0.487. The molecule has 0 aliphatic heterocycles. The highest BCUT2D eigenvalue weighted by Gasteiger charge is 2.10. The first-order valence-electron chi connectivity index (χ1n) is 6.27. The fraction of sp³-hybridized carbons (Fsp3) is 0.188. The molecule has 0 bridgehead atoms. The number of aldehydes is 1. The van der Waals surface area contributed by atoms with Crippen LogP contribution in [0, 0.1) is 0 Å². The van der Waals surface area contributed by atoms with Gasteiger partial charge in [0.1, 0.15) is 5.75 Å². The minimum Gasteiger partial charge on any atom is -0.493 e. The topological polar surface area (TPSA) is 35.5 Å². The molecule has 0 radical (unpaired) electrons. The first kappa shape index (κ1) is 14.6. The van der Waals surface area contributed by atoms with Crippen LogP contribution in [-0.2, 0) is 6.42 Å². The summed E-state index contributed by atoms with van der Waals surface area (Å²) < 4.78 is 12.0. The summed E-state index contributed by atoms with van der Waals surface area (Å²) in [6.45, 7) is 2.08. The number of benzene rings is 2. The van der Waals surface area contributed by atoms with Gasteiger partial charge in [0.25, 0.3) is 0 Å². The highest BCUT2D eigenvalue weighted by atomic mass is 79.9. The van der Waals surface area contributed by atoms with Gasteiger partial charge in [0.2, 0.25) is 0 Å². The Kier molecular flexibility index (Phi) is 4.79. The Bertz CT molecular complexity index is 623. The van der Waals surface area contributed by atoms with E-state index in [1.165, 1.54) is 5.56 Å². The molecule has 0 N–H and O–H groups in total. The average molecular weight is 335 g/mol. The fourth-order valence-electron chi connectivity index (χ4n) is 1.84. The molecule has 2 aromatic carbocycles. The van der Waals surface area contributed by atoms with Crippen LogP contribution in [0.15, 0.2) is 40.9 Å². The number of rotatable bonds is 5. The van der Waals surface area contributed by atoms with Gasteiger partial charge in [-0.05, 0) is 42.3 Å². The molecule has 104 valence electrons. The number of ether oxygens (including phenoxy) is 2. The van der Waals surface area contributed by atoms with Crippen molar-refractivity contribution < 1.29 is 14.3 Å². The van der Waals surface area contributed by atoms with Gasteiger partial charge in [-0.2, -0.15) is 0 Å². The predicted octanol–water partition coefficient (Wildman–Crippen LogP) is 4.62. The smallest absolute Gasteiger partial charge is 0.169 e. The number of hydrogen-bond acceptors (Lipinski definition) is 3. The summed E-state index contributed by atoms with van der Waals surface area (Å²) in [5.41, 5.74) is 1.65. The summed E-state index contributed by atoms with van der Waals surface area (Å²) in [6.07, 6.45) is 1.70. The second-order valence-electron chi connectivity index (χ2n) is 4.24. The molecule has 4 heteroatoms. The molecule has 0 unspecified atom stereocenters. The molecule has 0 saturated heterocycles. The maximum Gasteiger partial charge on any atom is 0.169 e. The molecule has 0 amide bonds. The minimum absolute atomic E-state index is 0.487. The average Bonchev–Trinajstić information content (AvgIpc) is 2.49. The Labute approximate surface area is 126 Å². The third-order valence-corrected chi connectivity index (χ3v) is 3.45. The fourth-order valence-corrected chi connectivity index (χ4v) is 2.22. The van der Waals surface area contributed by atoms with E-state index in [1.807, 2.05) is 24.3 Å². The Morgan fingerprint density at radius 1 is 1.10 bits per heavy atom. The SMILES string of the molecule is CCc1ccc(Oc2ccc(Br)cc2C=O)c(OC)c1. The summed E-state index contributed by atoms with van der Waals surface area (Å²) in [7, 11) is 1.60. The van der Waals surface area contributed by atoms with E-state index in [0.717, 1.165) is 17.2 Å². The van der Waals surface area contributed by atoms with E-state index in [4.69, 9.17) is 9.47 Å². The lowest BCUT2D eigenvalue weighted by atomic mass is 10.1. The third-order valence-electron chi connectivity index (χ3n) is 2.96. The highest BCUT2D eigenvalue weighted by molar-refractivity contribution is 9.10. The van der Waals surface area contributed by atoms with Crippen LogP contribution in [-0.4, -0.2) is 13.4 Å². The second-order valence-corrected chi connectivity index (χ2v) is 5.16. The van der Waals surface area contributed by atoms with Crippen molar-refractivity contribution in [3.05, 3.63) is 52.0 Å². The Morgan fingerprint density at radius 3 is 2.50 bits per heavy atom. The van der Waals surface area contributed by atoms with Gasteiger partial charge in [0.15, 0.2) is 17.8 Å². The van der Waals surface area contributed by atoms with Crippen molar-refractivity contribution in [1.29, 1.82) is 0 Å². The summed E-state index contributed by atoms with van der Waals surface area (Å²) in [5, 5.41) is 0. The van der Waals surface area contributed by atoms with Crippen molar-refractivity contribution in [2.75, 3.05) is 7.11 Å². The van der Waals surface area contributed by atoms with E-state index in [2.05, 4.69) is 22.9 Å². The maximum absolute atomic E-state index is 11.1. The van der Waals surface area contributed by atoms with Gasteiger partial charge >= 0.3 is 0 Å². The van der Waals surface area contributed by atoms with Crippen molar-refractivity contribution in [1.82, 2.24) is 0 Å². The lowest BCUT2D eigenvalue weighted by Gasteiger charge is -2.13. The zero-order valence-electron chi connectivity index (χ0n) is 11.4. The molecule has 0 aromatic heterocycles. The summed E-state index contributed by atoms with van der Waals surface area (Å²) in [5.74, 6) is 1.75. The Hall–Kier alpha value is -1.81. The van der Waals surface area contributed by atoms with Crippen molar-refractivity contribution >= 4 is 22.2 Å². The number of aryl methyl sites for hydroxylation is 1. The van der Waals surface area contributed by atoms with Gasteiger partial charge < -0.3 is 9.47 Å². The number of carbonyl (C=O) groups is 1. The highest BCUT2D eigenvalue weighted by Crippen LogP contribution is 2.34. The van der Waals surface area contributed by atoms with Crippen LogP contribution in [0.4, 0.5) is 0 Å². The Morgan fingerprint density at radius 2 is 1.85 bits per heavy atom. The van der Waals surface area contributed by atoms with Crippen LogP contribution in [0.2, 0.25) is 0 Å². The van der Waals surface area contributed by atoms with E-state index >= 15 is 0 Å². The van der Waals surface area contributed by atoms with E-state index in [1.54, 1.807) is 19.2 Å². The van der Waals surface area contributed by atoms with Gasteiger partial charge in [-0.25, -0.2) is 0 Å². The molecule has 0 fully saturated rings. The van der Waals surface area contributed by atoms with Crippen LogP contribution in [0.3, 0.4) is 0 Å². The lowest BCUT2D eigenvalue weighted by molar-refractivity contribution is 0.112. The molecule has 0 aliphatic carbocycles. The van der Waals surface area contributed by atoms with Crippen molar-refractivity contribution in [3.8, 4) is 17.2 Å². The summed E-state index contributed by atoms with van der Waals surface area (Å²) in [6, 6.07) is 11.1. The molecular weight excluding hydrogens is 320 g/mol. The number of carbonyl (C=O) groups excluding carboxylic acids is 1. The molecule has 0 spiro atoms. The van der Waals surface area contributed by atoms with E-state index in [-0.39, 0.29) is 0 Å². The van der Waals surface area contributed by atoms with Crippen LogP contribution in [0.1, 0.15) is 22.8 Å². The third kappa shape index (κ3) is 3.20. The zero-order chi connectivity index (χ0) is 14.5. The molecule has 0 heterocycles. The van der Waals surface area contributed by atoms with Crippen LogP contribution in [0.5, 0.6) is 17.2 Å². The van der Waals surface area contributed by atoms with Crippen molar-refractivity contribution in [3.63, 3.8) is 0 Å². The first-order valence-corrected chi connectivity index (χ1v) is 7.06. The van der Waals surface area contributed by atoms with Crippen molar-refractivity contribution in [2.24, 2.45) is 0 Å². The number of hydrogen-bond donors (Lipinski definition) is 0. The van der Waals surface area contributed by atoms with Gasteiger partial charge in [0.05, 0.1) is 12.7 Å². The standard InChI is InChI=1S/C16H15BrO3/c1-3-11-4-6-15(16(8-11)19-2)20-14-7-5-13(17)9-12(14)10-18/h4-10H,3H2,1-2H3. The zero-order valence-corrected chi connectivity index (χ0v) is 12.9. The predicted molar refractivity (Wildman–Crippen MR) is 82.0 cm³/mol. The van der Waals surface area contributed by atoms with Crippen LogP contribution < -0.4 is 9.47 Å². The molecule has 3 nitrogen and oxygen atoms in total. The van der Waals surface area contributed by atoms with Crippen LogP contribution in [0.25, 0.3) is 0 Å². The quantitative estimate of drug-likeness (QED) is 0.748. The first-order chi connectivity index (χ1) is 9.67. The Balaban J connectivity index is 2.37. The van der Waals surface area contributed by atoms with Crippen molar-refractivity contribution in [2.45, 2.75) is 13.3 Å². The second kappa shape index (κ2) is 6.57. The van der Waals surface area contributed by atoms with Gasteiger partial charge in [-0.15, -0.1) is 0 Å². The van der Waals surface area contributed by atoms with E-state index in [9.17, 15) is 4.79 Å². The van der Waals surface area contributed by atoms with Gasteiger partial charge in [-0.3, -0.25) is 4.79 Å². The molecule has 2 rings (SSSR count). The number of methoxy groups -OCH3 is 1. The summed E-state index contributed by atoms with van der Waals surface area (Å²) in [4.78, 5) is 11.1. The normalized spacial score (nSPS) is 10.2. The van der Waals surface area contributed by atoms with Gasteiger partial charge in [0, 0.05) is 4.47 Å². The number of halogens is 1. The maximum atomic E-state index is 11.1. The monoisotopic (exact) mass is 334 g/mol. The molecule has 0 saturated carbocycles. The largest absolute Gasteiger partial charge is 0.493 e. The van der Waals surface area contributed by atoms with E-state index in [0.29, 0.717) is 22.8 Å². The lowest BCUT2D eigenvalue weighted by Crippen LogP contribution is -1.94. The molecule has 0 aliphatic rings. The molecular formula is C16H15BrO3. The molecule has 20 heavy (non-hydrogen) atoms. The van der Waals surface area contributed by atoms with E-state index < -0.39 is 0 Å². The van der Waals surface area contributed by atoms with Gasteiger partial charge in [-0.1, -0.05) is 28.9 Å².